The zero-order valence-corrected chi connectivity index (χ0v) is 14.1. The maximum absolute atomic E-state index is 12.8. The minimum atomic E-state index is -4.65. The molecular weight excluding hydrogens is 345 g/mol. The second-order valence-corrected chi connectivity index (χ2v) is 6.61. The number of aromatic nitrogens is 3. The fourth-order valence-electron chi connectivity index (χ4n) is 3.49. The van der Waals surface area contributed by atoms with E-state index in [2.05, 4.69) is 14.9 Å². The number of aryl methyl sites for hydroxylation is 1. The molecule has 0 atom stereocenters. The Morgan fingerprint density at radius 2 is 2.12 bits per heavy atom. The summed E-state index contributed by atoms with van der Waals surface area (Å²) in [7, 11) is 0. The summed E-state index contributed by atoms with van der Waals surface area (Å²) in [6, 6.07) is 6.06. The first-order valence-corrected chi connectivity index (χ1v) is 8.30. The van der Waals surface area contributed by atoms with Crippen molar-refractivity contribution in [1.29, 1.82) is 0 Å². The van der Waals surface area contributed by atoms with Gasteiger partial charge in [0.2, 0.25) is 5.82 Å². The molecule has 0 radical (unpaired) electrons. The summed E-state index contributed by atoms with van der Waals surface area (Å²) < 4.78 is 38.4. The molecule has 0 spiro atoms. The summed E-state index contributed by atoms with van der Waals surface area (Å²) >= 11 is 0. The van der Waals surface area contributed by atoms with Gasteiger partial charge in [0.05, 0.1) is 11.3 Å². The van der Waals surface area contributed by atoms with Crippen LogP contribution in [-0.4, -0.2) is 26.4 Å². The number of hydrogen-bond acceptors (Lipinski definition) is 3. The molecule has 0 amide bonds. The predicted octanol–water partition coefficient (Wildman–Crippen LogP) is 3.14. The Morgan fingerprint density at radius 3 is 2.88 bits per heavy atom. The predicted molar refractivity (Wildman–Crippen MR) is 90.7 cm³/mol. The van der Waals surface area contributed by atoms with Gasteiger partial charge in [0, 0.05) is 43.2 Å². The summed E-state index contributed by atoms with van der Waals surface area (Å²) in [5.74, 6) is -1.22. The van der Waals surface area contributed by atoms with E-state index in [-0.39, 0.29) is 12.2 Å². The van der Waals surface area contributed by atoms with Crippen LogP contribution in [0.25, 0.3) is 10.9 Å². The van der Waals surface area contributed by atoms with E-state index >= 15 is 0 Å². The van der Waals surface area contributed by atoms with Crippen molar-refractivity contribution in [2.45, 2.75) is 32.6 Å². The van der Waals surface area contributed by atoms with Gasteiger partial charge in [-0.1, -0.05) is 18.2 Å². The fourth-order valence-corrected chi connectivity index (χ4v) is 3.49. The Morgan fingerprint density at radius 1 is 1.31 bits per heavy atom. The smallest absolute Gasteiger partial charge is 0.361 e. The second kappa shape index (κ2) is 5.98. The summed E-state index contributed by atoms with van der Waals surface area (Å²) in [6.45, 7) is 3.49. The highest BCUT2D eigenvalue weighted by molar-refractivity contribution is 5.85. The van der Waals surface area contributed by atoms with Gasteiger partial charge in [0.15, 0.2) is 0 Å². The maximum atomic E-state index is 12.8. The van der Waals surface area contributed by atoms with Crippen LogP contribution in [0.1, 0.15) is 28.2 Å². The van der Waals surface area contributed by atoms with Crippen molar-refractivity contribution in [3.63, 3.8) is 0 Å². The van der Waals surface area contributed by atoms with Crippen LogP contribution >= 0.6 is 0 Å². The molecule has 1 aliphatic rings. The Labute approximate surface area is 146 Å². The van der Waals surface area contributed by atoms with Crippen LogP contribution in [0.5, 0.6) is 0 Å². The van der Waals surface area contributed by atoms with Crippen LogP contribution in [0.3, 0.4) is 0 Å². The lowest BCUT2D eigenvalue weighted by Crippen LogP contribution is -2.36. The normalized spacial score (nSPS) is 15.4. The Hall–Kier alpha value is -2.61. The molecule has 0 bridgehead atoms. The molecule has 0 fully saturated rings. The van der Waals surface area contributed by atoms with Gasteiger partial charge in [-0.2, -0.15) is 13.2 Å². The first-order chi connectivity index (χ1) is 12.3. The molecule has 1 aliphatic heterocycles. The maximum Gasteiger partial charge on any atom is 0.449 e. The van der Waals surface area contributed by atoms with Crippen LogP contribution in [-0.2, 0) is 25.7 Å². The lowest BCUT2D eigenvalue weighted by molar-refractivity contribution is -0.145. The molecule has 0 saturated carbocycles. The van der Waals surface area contributed by atoms with E-state index in [9.17, 15) is 18.0 Å². The van der Waals surface area contributed by atoms with Crippen molar-refractivity contribution in [3.8, 4) is 0 Å². The minimum Gasteiger partial charge on any atom is -0.361 e. The van der Waals surface area contributed by atoms with Crippen LogP contribution < -0.4 is 5.56 Å². The minimum absolute atomic E-state index is 0.243. The number of halogens is 3. The van der Waals surface area contributed by atoms with E-state index < -0.39 is 17.6 Å². The first kappa shape index (κ1) is 16.8. The van der Waals surface area contributed by atoms with E-state index in [4.69, 9.17) is 0 Å². The van der Waals surface area contributed by atoms with Gasteiger partial charge in [-0.15, -0.1) is 0 Å². The third-order valence-corrected chi connectivity index (χ3v) is 4.82. The summed E-state index contributed by atoms with van der Waals surface area (Å²) in [5.41, 5.74) is 3.19. The van der Waals surface area contributed by atoms with Crippen LogP contribution in [0, 0.1) is 6.92 Å². The van der Waals surface area contributed by atoms with E-state index in [1.54, 1.807) is 0 Å². The van der Waals surface area contributed by atoms with Gasteiger partial charge >= 0.3 is 6.18 Å². The number of H-pyrrole nitrogens is 2. The van der Waals surface area contributed by atoms with Gasteiger partial charge in [0.25, 0.3) is 5.56 Å². The molecule has 2 aromatic heterocycles. The molecule has 5 nitrogen and oxygen atoms in total. The number of para-hydroxylation sites is 1. The Balaban J connectivity index is 1.61. The van der Waals surface area contributed by atoms with Crippen molar-refractivity contribution in [2.24, 2.45) is 0 Å². The van der Waals surface area contributed by atoms with Gasteiger partial charge in [-0.05, 0) is 18.1 Å². The number of hydrogen-bond donors (Lipinski definition) is 2. The molecule has 3 aromatic rings. The van der Waals surface area contributed by atoms with Crippen molar-refractivity contribution in [3.05, 3.63) is 63.0 Å². The van der Waals surface area contributed by atoms with Gasteiger partial charge < -0.3 is 9.97 Å². The van der Waals surface area contributed by atoms with Crippen LogP contribution in [0.2, 0.25) is 0 Å². The topological polar surface area (TPSA) is 64.8 Å². The standard InChI is InChI=1S/C18H17F3N4O/c1-10-3-2-4-12-11(7-22-15(10)12)8-25-6-5-14-13(9-25)16(26)24-17(23-14)18(19,20)21/h2-4,7,22H,5-6,8-9H2,1H3,(H,23,24,26). The zero-order chi connectivity index (χ0) is 18.5. The molecule has 26 heavy (non-hydrogen) atoms. The van der Waals surface area contributed by atoms with E-state index in [1.807, 2.05) is 36.3 Å². The Kier molecular flexibility index (Phi) is 3.87. The third-order valence-electron chi connectivity index (χ3n) is 4.82. The number of fused-ring (bicyclic) bond motifs is 2. The van der Waals surface area contributed by atoms with E-state index in [0.717, 1.165) is 22.0 Å². The number of benzene rings is 1. The van der Waals surface area contributed by atoms with E-state index in [1.165, 1.54) is 0 Å². The number of nitrogens with one attached hydrogen (secondary N) is 2. The molecule has 2 N–H and O–H groups in total. The van der Waals surface area contributed by atoms with Crippen LogP contribution in [0.15, 0.2) is 29.2 Å². The largest absolute Gasteiger partial charge is 0.449 e. The quantitative estimate of drug-likeness (QED) is 0.736. The molecule has 8 heteroatoms. The number of aromatic amines is 2. The molecule has 4 rings (SSSR count). The highest BCUT2D eigenvalue weighted by Crippen LogP contribution is 2.27. The molecule has 0 unspecified atom stereocenters. The zero-order valence-electron chi connectivity index (χ0n) is 14.1. The number of alkyl halides is 3. The van der Waals surface area contributed by atoms with Gasteiger partial charge in [-0.25, -0.2) is 4.98 Å². The average molecular weight is 362 g/mol. The average Bonchev–Trinajstić information content (AvgIpc) is 2.99. The lowest BCUT2D eigenvalue weighted by atomic mass is 10.0. The molecule has 0 aliphatic carbocycles. The van der Waals surface area contributed by atoms with Crippen molar-refractivity contribution >= 4 is 10.9 Å². The lowest BCUT2D eigenvalue weighted by Gasteiger charge is -2.27. The summed E-state index contributed by atoms with van der Waals surface area (Å²) in [6.07, 6.45) is -2.38. The number of rotatable bonds is 2. The monoisotopic (exact) mass is 362 g/mol. The van der Waals surface area contributed by atoms with Crippen LogP contribution in [0.4, 0.5) is 13.2 Å². The van der Waals surface area contributed by atoms with Crippen molar-refractivity contribution in [2.75, 3.05) is 6.54 Å². The highest BCUT2D eigenvalue weighted by Gasteiger charge is 2.36. The van der Waals surface area contributed by atoms with Gasteiger partial charge in [-0.3, -0.25) is 9.69 Å². The molecule has 3 heterocycles. The molecule has 1 aromatic carbocycles. The third kappa shape index (κ3) is 2.90. The van der Waals surface area contributed by atoms with Gasteiger partial charge in [0.1, 0.15) is 0 Å². The van der Waals surface area contributed by atoms with Crippen molar-refractivity contribution < 1.29 is 13.2 Å². The molecule has 0 saturated heterocycles. The second-order valence-electron chi connectivity index (χ2n) is 6.61. The summed E-state index contributed by atoms with van der Waals surface area (Å²) in [5, 5.41) is 1.12. The SMILES string of the molecule is Cc1cccc2c(CN3CCc4nc(C(F)(F)F)[nH]c(=O)c4C3)c[nH]c12. The summed E-state index contributed by atoms with van der Waals surface area (Å²) in [4.78, 5) is 22.9. The van der Waals surface area contributed by atoms with Crippen molar-refractivity contribution in [1.82, 2.24) is 19.9 Å². The molecule has 136 valence electrons. The molecular formula is C18H17F3N4O. The Bertz CT molecular complexity index is 1040. The number of nitrogens with zero attached hydrogens (tertiary/aromatic N) is 2. The van der Waals surface area contributed by atoms with E-state index in [0.29, 0.717) is 25.1 Å². The fraction of sp³-hybridized carbons (Fsp3) is 0.333. The first-order valence-electron chi connectivity index (χ1n) is 8.30. The highest BCUT2D eigenvalue weighted by atomic mass is 19.4.